The highest BCUT2D eigenvalue weighted by Gasteiger charge is 2.42. The maximum absolute atomic E-state index is 2.66. The fourth-order valence-electron chi connectivity index (χ4n) is 4.93. The summed E-state index contributed by atoms with van der Waals surface area (Å²) in [6, 6.07) is 0. The van der Waals surface area contributed by atoms with Crippen LogP contribution in [0.5, 0.6) is 0 Å². The van der Waals surface area contributed by atoms with Crippen LogP contribution in [-0.2, 0) is 0 Å². The van der Waals surface area contributed by atoms with E-state index in [0.29, 0.717) is 10.8 Å². The predicted molar refractivity (Wildman–Crippen MR) is 90.1 cm³/mol. The lowest BCUT2D eigenvalue weighted by molar-refractivity contribution is 0.0243. The average molecular weight is 279 g/mol. The average Bonchev–Trinajstić information content (AvgIpc) is 2.61. The highest BCUT2D eigenvalue weighted by molar-refractivity contribution is 4.93. The first kappa shape index (κ1) is 16.4. The molecule has 0 aromatic heterocycles. The molecule has 0 radical (unpaired) electrons. The monoisotopic (exact) mass is 278 g/mol. The molecule has 0 spiro atoms. The van der Waals surface area contributed by atoms with Crippen molar-refractivity contribution in [1.82, 2.24) is 0 Å². The second-order valence-corrected chi connectivity index (χ2v) is 8.36. The maximum Gasteiger partial charge on any atom is -0.0272 e. The Morgan fingerprint density at radius 2 is 0.550 bits per heavy atom. The van der Waals surface area contributed by atoms with Crippen molar-refractivity contribution in [2.75, 3.05) is 0 Å². The lowest BCUT2D eigenvalue weighted by atomic mass is 9.57. The summed E-state index contributed by atoms with van der Waals surface area (Å²) in [5.41, 5.74) is 1.25. The summed E-state index contributed by atoms with van der Waals surface area (Å²) in [4.78, 5) is 0. The highest BCUT2D eigenvalue weighted by atomic mass is 14.5. The van der Waals surface area contributed by atoms with E-state index in [1.54, 1.807) is 0 Å². The smallest absolute Gasteiger partial charge is 0.0272 e. The van der Waals surface area contributed by atoms with E-state index in [-0.39, 0.29) is 0 Å². The Morgan fingerprint density at radius 1 is 0.350 bits per heavy atom. The second-order valence-electron chi connectivity index (χ2n) is 8.36. The molecular weight excluding hydrogens is 240 g/mol. The van der Waals surface area contributed by atoms with E-state index < -0.39 is 0 Å². The summed E-state index contributed by atoms with van der Waals surface area (Å²) in [5, 5.41) is 0. The van der Waals surface area contributed by atoms with Crippen LogP contribution in [0.2, 0.25) is 0 Å². The van der Waals surface area contributed by atoms with Gasteiger partial charge in [0.2, 0.25) is 0 Å². The topological polar surface area (TPSA) is 0 Å². The van der Waals surface area contributed by atoms with Gasteiger partial charge in [-0.05, 0) is 36.5 Å². The molecule has 2 rings (SSSR count). The third kappa shape index (κ3) is 4.25. The summed E-state index contributed by atoms with van der Waals surface area (Å²) < 4.78 is 0. The van der Waals surface area contributed by atoms with Gasteiger partial charge in [-0.1, -0.05) is 90.9 Å². The van der Waals surface area contributed by atoms with Gasteiger partial charge in [0.1, 0.15) is 0 Å². The summed E-state index contributed by atoms with van der Waals surface area (Å²) in [5.74, 6) is 0. The molecule has 0 N–H and O–H groups in total. The predicted octanol–water partition coefficient (Wildman–Crippen LogP) is 7.27. The maximum atomic E-state index is 2.66. The normalized spacial score (nSPS) is 29.1. The summed E-state index contributed by atoms with van der Waals surface area (Å²) in [6.07, 6.45) is 23.9. The van der Waals surface area contributed by atoms with Crippen molar-refractivity contribution in [2.24, 2.45) is 10.8 Å². The Bertz CT molecular complexity index is 217. The second kappa shape index (κ2) is 7.85. The molecule has 0 aromatic rings. The van der Waals surface area contributed by atoms with Crippen LogP contribution in [0.25, 0.3) is 0 Å². The molecule has 20 heavy (non-hydrogen) atoms. The molecule has 0 saturated heterocycles. The molecule has 0 nitrogen and oxygen atoms in total. The third-order valence-corrected chi connectivity index (χ3v) is 6.87. The van der Waals surface area contributed by atoms with Gasteiger partial charge in [0.05, 0.1) is 0 Å². The molecule has 2 saturated carbocycles. The van der Waals surface area contributed by atoms with Crippen LogP contribution in [0, 0.1) is 10.8 Å². The molecule has 0 aliphatic heterocycles. The summed E-state index contributed by atoms with van der Waals surface area (Å²) in [6.45, 7) is 5.33. The van der Waals surface area contributed by atoms with Crippen molar-refractivity contribution >= 4 is 0 Å². The Labute approximate surface area is 128 Å². The zero-order valence-corrected chi connectivity index (χ0v) is 14.3. The summed E-state index contributed by atoms with van der Waals surface area (Å²) in [7, 11) is 0. The van der Waals surface area contributed by atoms with Crippen LogP contribution in [0.1, 0.15) is 117 Å². The van der Waals surface area contributed by atoms with E-state index in [2.05, 4.69) is 13.8 Å². The van der Waals surface area contributed by atoms with Crippen LogP contribution < -0.4 is 0 Å². The SMILES string of the molecule is CC1(C2(C)CCCCCCCC2)CCCCCCCC1. The van der Waals surface area contributed by atoms with Gasteiger partial charge in [0, 0.05) is 0 Å². The van der Waals surface area contributed by atoms with E-state index in [4.69, 9.17) is 0 Å². The minimum absolute atomic E-state index is 0.627. The van der Waals surface area contributed by atoms with Gasteiger partial charge in [0.25, 0.3) is 0 Å². The van der Waals surface area contributed by atoms with Gasteiger partial charge in [-0.3, -0.25) is 0 Å². The molecule has 118 valence electrons. The van der Waals surface area contributed by atoms with E-state index in [0.717, 1.165) is 0 Å². The molecule has 0 aromatic carbocycles. The molecule has 2 fully saturated rings. The van der Waals surface area contributed by atoms with E-state index >= 15 is 0 Å². The van der Waals surface area contributed by atoms with Crippen LogP contribution in [-0.4, -0.2) is 0 Å². The Morgan fingerprint density at radius 3 is 0.800 bits per heavy atom. The Balaban J connectivity index is 2.07. The molecule has 0 amide bonds. The summed E-state index contributed by atoms with van der Waals surface area (Å²) >= 11 is 0. The largest absolute Gasteiger partial charge is 0.0591 e. The van der Waals surface area contributed by atoms with Crippen molar-refractivity contribution in [1.29, 1.82) is 0 Å². The van der Waals surface area contributed by atoms with Crippen LogP contribution in [0.3, 0.4) is 0 Å². The number of hydrogen-bond donors (Lipinski definition) is 0. The lowest BCUT2D eigenvalue weighted by Crippen LogP contribution is -2.38. The van der Waals surface area contributed by atoms with Gasteiger partial charge in [-0.2, -0.15) is 0 Å². The number of hydrogen-bond acceptors (Lipinski definition) is 0. The molecule has 0 unspecified atom stereocenters. The molecule has 0 heterocycles. The van der Waals surface area contributed by atoms with Gasteiger partial charge in [0.15, 0.2) is 0 Å². The van der Waals surface area contributed by atoms with E-state index in [1.807, 2.05) is 0 Å². The van der Waals surface area contributed by atoms with Crippen molar-refractivity contribution in [3.8, 4) is 0 Å². The van der Waals surface area contributed by atoms with Crippen LogP contribution in [0.15, 0.2) is 0 Å². The third-order valence-electron chi connectivity index (χ3n) is 6.87. The molecular formula is C20H38. The minimum atomic E-state index is 0.627. The molecule has 2 aliphatic carbocycles. The quantitative estimate of drug-likeness (QED) is 0.473. The van der Waals surface area contributed by atoms with Crippen LogP contribution >= 0.6 is 0 Å². The molecule has 2 aliphatic rings. The highest BCUT2D eigenvalue weighted by Crippen LogP contribution is 2.53. The van der Waals surface area contributed by atoms with Gasteiger partial charge in [-0.15, -0.1) is 0 Å². The number of rotatable bonds is 1. The van der Waals surface area contributed by atoms with E-state index in [1.165, 1.54) is 103 Å². The lowest BCUT2D eigenvalue weighted by Gasteiger charge is -2.48. The van der Waals surface area contributed by atoms with Crippen molar-refractivity contribution < 1.29 is 0 Å². The van der Waals surface area contributed by atoms with Gasteiger partial charge >= 0.3 is 0 Å². The van der Waals surface area contributed by atoms with Gasteiger partial charge < -0.3 is 0 Å². The molecule has 0 heteroatoms. The van der Waals surface area contributed by atoms with Gasteiger partial charge in [-0.25, -0.2) is 0 Å². The fraction of sp³-hybridized carbons (Fsp3) is 1.00. The Hall–Kier alpha value is 0. The van der Waals surface area contributed by atoms with Crippen molar-refractivity contribution in [2.45, 2.75) is 117 Å². The fourth-order valence-corrected chi connectivity index (χ4v) is 4.93. The van der Waals surface area contributed by atoms with Crippen LogP contribution in [0.4, 0.5) is 0 Å². The molecule has 0 atom stereocenters. The Kier molecular flexibility index (Phi) is 6.43. The minimum Gasteiger partial charge on any atom is -0.0591 e. The molecule has 0 bridgehead atoms. The van der Waals surface area contributed by atoms with Crippen molar-refractivity contribution in [3.05, 3.63) is 0 Å². The first-order chi connectivity index (χ1) is 9.66. The standard InChI is InChI=1S/C20H38/c1-19(15-11-7-3-4-8-12-16-19)20(2)17-13-9-5-6-10-14-18-20/h3-18H2,1-2H3. The zero-order chi connectivity index (χ0) is 14.3. The van der Waals surface area contributed by atoms with Crippen molar-refractivity contribution in [3.63, 3.8) is 0 Å². The first-order valence-electron chi connectivity index (χ1n) is 9.66. The first-order valence-corrected chi connectivity index (χ1v) is 9.66. The zero-order valence-electron chi connectivity index (χ0n) is 14.3. The van der Waals surface area contributed by atoms with E-state index in [9.17, 15) is 0 Å².